The molecule has 0 aromatic heterocycles. The van der Waals surface area contributed by atoms with Gasteiger partial charge in [-0.2, -0.15) is 0 Å². The van der Waals surface area contributed by atoms with Crippen LogP contribution in [0.5, 0.6) is 11.5 Å². The summed E-state index contributed by atoms with van der Waals surface area (Å²) in [6.45, 7) is 1.42. The standard InChI is InChI=1S/C22H19Br2N3O4S/c1-13-4-2-3-5-17(13)30-12-20(29)26-27-22(32)25-19(28)11-31-18-9-6-14-10-15(23)7-8-16(14)21(18)24/h2-10H,11-12H2,1H3,(H,26,29)(H2,25,27,28,32). The summed E-state index contributed by atoms with van der Waals surface area (Å²) in [5.41, 5.74) is 5.74. The Hall–Kier alpha value is -2.69. The monoisotopic (exact) mass is 579 g/mol. The first-order valence-corrected chi connectivity index (χ1v) is 11.4. The Labute approximate surface area is 207 Å². The van der Waals surface area contributed by atoms with Crippen LogP contribution in [0.15, 0.2) is 63.5 Å². The number of aryl methyl sites for hydroxylation is 1. The molecule has 0 heterocycles. The van der Waals surface area contributed by atoms with Gasteiger partial charge in [0.15, 0.2) is 18.3 Å². The largest absolute Gasteiger partial charge is 0.483 e. The van der Waals surface area contributed by atoms with E-state index in [1.165, 1.54) is 0 Å². The van der Waals surface area contributed by atoms with Crippen LogP contribution in [0, 0.1) is 6.92 Å². The number of carbonyl (C=O) groups excluding carboxylic acids is 2. The summed E-state index contributed by atoms with van der Waals surface area (Å²) in [7, 11) is 0. The SMILES string of the molecule is Cc1ccccc1OCC(=O)NNC(=S)NC(=O)COc1ccc2cc(Br)ccc2c1Br. The molecule has 3 N–H and O–H groups in total. The van der Waals surface area contributed by atoms with E-state index < -0.39 is 11.8 Å². The Kier molecular flexibility index (Phi) is 8.43. The van der Waals surface area contributed by atoms with Crippen molar-refractivity contribution >= 4 is 71.8 Å². The van der Waals surface area contributed by atoms with Crippen LogP contribution in [0.3, 0.4) is 0 Å². The molecule has 3 rings (SSSR count). The summed E-state index contributed by atoms with van der Waals surface area (Å²) >= 11 is 12.0. The van der Waals surface area contributed by atoms with Crippen LogP contribution in [-0.2, 0) is 9.59 Å². The quantitative estimate of drug-likeness (QED) is 0.300. The number of para-hydroxylation sites is 1. The number of ether oxygens (including phenoxy) is 2. The first-order chi connectivity index (χ1) is 15.3. The lowest BCUT2D eigenvalue weighted by Gasteiger charge is -2.13. The second-order valence-corrected chi connectivity index (χ2v) is 8.75. The van der Waals surface area contributed by atoms with Gasteiger partial charge in [-0.15, -0.1) is 0 Å². The molecule has 0 aliphatic carbocycles. The number of rotatable bonds is 6. The fourth-order valence-electron chi connectivity index (χ4n) is 2.72. The highest BCUT2D eigenvalue weighted by atomic mass is 79.9. The minimum absolute atomic E-state index is 0.0646. The lowest BCUT2D eigenvalue weighted by molar-refractivity contribution is -0.124. The van der Waals surface area contributed by atoms with E-state index in [-0.39, 0.29) is 18.3 Å². The number of amides is 2. The number of nitrogens with one attached hydrogen (secondary N) is 3. The molecular weight excluding hydrogens is 562 g/mol. The third-order valence-electron chi connectivity index (χ3n) is 4.26. The number of hydrazine groups is 1. The number of hydrogen-bond acceptors (Lipinski definition) is 5. The zero-order valence-corrected chi connectivity index (χ0v) is 20.9. The summed E-state index contributed by atoms with van der Waals surface area (Å²) in [5.74, 6) is 0.210. The van der Waals surface area contributed by atoms with Gasteiger partial charge in [0, 0.05) is 4.47 Å². The first kappa shape index (κ1) is 24.0. The lowest BCUT2D eigenvalue weighted by Crippen LogP contribution is -2.50. The van der Waals surface area contributed by atoms with Crippen molar-refractivity contribution < 1.29 is 19.1 Å². The van der Waals surface area contributed by atoms with E-state index in [0.29, 0.717) is 11.5 Å². The molecule has 0 aliphatic heterocycles. The minimum Gasteiger partial charge on any atom is -0.483 e. The topological polar surface area (TPSA) is 88.7 Å². The Morgan fingerprint density at radius 3 is 2.41 bits per heavy atom. The summed E-state index contributed by atoms with van der Waals surface area (Å²) in [6, 6.07) is 16.9. The van der Waals surface area contributed by atoms with Crippen LogP contribution in [0.1, 0.15) is 5.56 Å². The Morgan fingerprint density at radius 1 is 0.906 bits per heavy atom. The smallest absolute Gasteiger partial charge is 0.276 e. The van der Waals surface area contributed by atoms with Gasteiger partial charge >= 0.3 is 0 Å². The van der Waals surface area contributed by atoms with Gasteiger partial charge in [-0.1, -0.05) is 46.3 Å². The Morgan fingerprint density at radius 2 is 1.62 bits per heavy atom. The molecule has 3 aromatic carbocycles. The maximum atomic E-state index is 12.1. The average molecular weight is 581 g/mol. The van der Waals surface area contributed by atoms with Crippen LogP contribution < -0.4 is 25.6 Å². The van der Waals surface area contributed by atoms with E-state index >= 15 is 0 Å². The third kappa shape index (κ3) is 6.65. The van der Waals surface area contributed by atoms with Gasteiger partial charge in [0.05, 0.1) is 4.47 Å². The Balaban J connectivity index is 1.42. The van der Waals surface area contributed by atoms with Gasteiger partial charge in [-0.05, 0) is 75.7 Å². The lowest BCUT2D eigenvalue weighted by atomic mass is 10.1. The van der Waals surface area contributed by atoms with Gasteiger partial charge in [-0.3, -0.25) is 25.8 Å². The summed E-state index contributed by atoms with van der Waals surface area (Å²) in [4.78, 5) is 24.0. The predicted octanol–water partition coefficient (Wildman–Crippen LogP) is 4.15. The van der Waals surface area contributed by atoms with Gasteiger partial charge in [0.25, 0.3) is 11.8 Å². The fraction of sp³-hybridized carbons (Fsp3) is 0.136. The number of benzene rings is 3. The molecule has 0 aliphatic rings. The normalized spacial score (nSPS) is 10.3. The number of fused-ring (bicyclic) bond motifs is 1. The molecule has 0 saturated carbocycles. The molecule has 10 heteroatoms. The Bertz CT molecular complexity index is 1170. The number of halogens is 2. The third-order valence-corrected chi connectivity index (χ3v) is 5.78. The zero-order chi connectivity index (χ0) is 23.1. The van der Waals surface area contributed by atoms with Crippen LogP contribution in [0.4, 0.5) is 0 Å². The highest BCUT2D eigenvalue weighted by Gasteiger charge is 2.11. The molecule has 166 valence electrons. The predicted molar refractivity (Wildman–Crippen MR) is 134 cm³/mol. The van der Waals surface area contributed by atoms with E-state index in [9.17, 15) is 9.59 Å². The van der Waals surface area contributed by atoms with Crippen molar-refractivity contribution in [3.05, 3.63) is 69.1 Å². The number of carbonyl (C=O) groups is 2. The summed E-state index contributed by atoms with van der Waals surface area (Å²) in [6.07, 6.45) is 0. The van der Waals surface area contributed by atoms with Crippen molar-refractivity contribution in [2.24, 2.45) is 0 Å². The van der Waals surface area contributed by atoms with Crippen LogP contribution >= 0.6 is 44.1 Å². The molecule has 0 bridgehead atoms. The second kappa shape index (κ2) is 11.3. The van der Waals surface area contributed by atoms with Gasteiger partial charge in [0.1, 0.15) is 11.5 Å². The van der Waals surface area contributed by atoms with Crippen molar-refractivity contribution in [3.63, 3.8) is 0 Å². The van der Waals surface area contributed by atoms with E-state index in [4.69, 9.17) is 21.7 Å². The van der Waals surface area contributed by atoms with Crippen molar-refractivity contribution in [2.45, 2.75) is 6.92 Å². The second-order valence-electron chi connectivity index (χ2n) is 6.64. The van der Waals surface area contributed by atoms with Gasteiger partial charge < -0.3 is 9.47 Å². The van der Waals surface area contributed by atoms with Crippen molar-refractivity contribution in [1.82, 2.24) is 16.2 Å². The summed E-state index contributed by atoms with van der Waals surface area (Å²) in [5, 5.41) is 4.35. The molecule has 0 fully saturated rings. The molecule has 3 aromatic rings. The summed E-state index contributed by atoms with van der Waals surface area (Å²) < 4.78 is 12.8. The molecule has 2 amide bonds. The first-order valence-electron chi connectivity index (χ1n) is 9.41. The molecule has 7 nitrogen and oxygen atoms in total. The molecule has 0 atom stereocenters. The molecule has 0 saturated heterocycles. The molecular formula is C22H19Br2N3O4S. The highest BCUT2D eigenvalue weighted by Crippen LogP contribution is 2.34. The van der Waals surface area contributed by atoms with E-state index in [2.05, 4.69) is 48.0 Å². The molecule has 0 radical (unpaired) electrons. The highest BCUT2D eigenvalue weighted by molar-refractivity contribution is 9.11. The van der Waals surface area contributed by atoms with Gasteiger partial charge in [0.2, 0.25) is 0 Å². The van der Waals surface area contributed by atoms with Crippen LogP contribution in [0.2, 0.25) is 0 Å². The minimum atomic E-state index is -0.476. The van der Waals surface area contributed by atoms with E-state index in [1.54, 1.807) is 12.1 Å². The van der Waals surface area contributed by atoms with Gasteiger partial charge in [-0.25, -0.2) is 0 Å². The fourth-order valence-corrected chi connectivity index (χ4v) is 3.87. The molecule has 32 heavy (non-hydrogen) atoms. The van der Waals surface area contributed by atoms with Crippen molar-refractivity contribution in [2.75, 3.05) is 13.2 Å². The number of thiocarbonyl (C=S) groups is 1. The van der Waals surface area contributed by atoms with Crippen molar-refractivity contribution in [3.8, 4) is 11.5 Å². The zero-order valence-electron chi connectivity index (χ0n) is 16.9. The molecule has 0 spiro atoms. The number of hydrogen-bond donors (Lipinski definition) is 3. The van der Waals surface area contributed by atoms with Crippen LogP contribution in [-0.4, -0.2) is 30.1 Å². The van der Waals surface area contributed by atoms with E-state index in [0.717, 1.165) is 25.3 Å². The maximum Gasteiger partial charge on any atom is 0.276 e. The van der Waals surface area contributed by atoms with Crippen LogP contribution in [0.25, 0.3) is 10.8 Å². The van der Waals surface area contributed by atoms with Crippen molar-refractivity contribution in [1.29, 1.82) is 0 Å². The maximum absolute atomic E-state index is 12.1. The van der Waals surface area contributed by atoms with E-state index in [1.807, 2.05) is 49.4 Å². The molecule has 0 unspecified atom stereocenters. The average Bonchev–Trinajstić information content (AvgIpc) is 2.76.